The number of anilines is 1. The SMILES string of the molecule is CCc1ccc(C(C)NC(=O)CN(c2ccc(C)c(C)c2)S(C)(=O)=O)cc1. The summed E-state index contributed by atoms with van der Waals surface area (Å²) in [6, 6.07) is 13.2. The minimum atomic E-state index is -3.58. The molecule has 6 heteroatoms. The van der Waals surface area contributed by atoms with E-state index in [2.05, 4.69) is 12.2 Å². The van der Waals surface area contributed by atoms with Gasteiger partial charge in [0.2, 0.25) is 15.9 Å². The second-order valence-electron chi connectivity index (χ2n) is 6.92. The van der Waals surface area contributed by atoms with E-state index in [9.17, 15) is 13.2 Å². The van der Waals surface area contributed by atoms with Crippen LogP contribution in [0.4, 0.5) is 5.69 Å². The van der Waals surface area contributed by atoms with Crippen LogP contribution in [-0.2, 0) is 21.2 Å². The number of hydrogen-bond donors (Lipinski definition) is 1. The maximum absolute atomic E-state index is 12.5. The molecule has 0 radical (unpaired) electrons. The molecular weight excluding hydrogens is 360 g/mol. The summed E-state index contributed by atoms with van der Waals surface area (Å²) in [5.74, 6) is -0.342. The molecule has 0 aromatic heterocycles. The van der Waals surface area contributed by atoms with Gasteiger partial charge in [0.05, 0.1) is 18.0 Å². The molecule has 0 aliphatic rings. The second kappa shape index (κ2) is 8.57. The zero-order chi connectivity index (χ0) is 20.2. The third-order valence-corrected chi connectivity index (χ3v) is 5.87. The van der Waals surface area contributed by atoms with Crippen LogP contribution in [0.1, 0.15) is 42.1 Å². The van der Waals surface area contributed by atoms with Crippen molar-refractivity contribution in [3.8, 4) is 0 Å². The van der Waals surface area contributed by atoms with Crippen molar-refractivity contribution in [2.45, 2.75) is 40.2 Å². The molecule has 0 saturated heterocycles. The van der Waals surface area contributed by atoms with Crippen molar-refractivity contribution < 1.29 is 13.2 Å². The molecule has 2 aromatic carbocycles. The molecule has 1 atom stereocenters. The Bertz CT molecular complexity index is 906. The third kappa shape index (κ3) is 5.57. The van der Waals surface area contributed by atoms with Gasteiger partial charge in [0.15, 0.2) is 0 Å². The predicted molar refractivity (Wildman–Crippen MR) is 110 cm³/mol. The molecule has 1 unspecified atom stereocenters. The lowest BCUT2D eigenvalue weighted by atomic mass is 10.1. The zero-order valence-electron chi connectivity index (χ0n) is 16.6. The number of sulfonamides is 1. The van der Waals surface area contributed by atoms with Gasteiger partial charge in [-0.2, -0.15) is 0 Å². The maximum Gasteiger partial charge on any atom is 0.241 e. The highest BCUT2D eigenvalue weighted by atomic mass is 32.2. The first kappa shape index (κ1) is 21.0. The van der Waals surface area contributed by atoms with Gasteiger partial charge in [0.25, 0.3) is 0 Å². The van der Waals surface area contributed by atoms with Crippen LogP contribution in [0.5, 0.6) is 0 Å². The van der Waals surface area contributed by atoms with Gasteiger partial charge in [0, 0.05) is 0 Å². The van der Waals surface area contributed by atoms with Crippen LogP contribution in [0, 0.1) is 13.8 Å². The van der Waals surface area contributed by atoms with Gasteiger partial charge < -0.3 is 5.32 Å². The van der Waals surface area contributed by atoms with Crippen LogP contribution in [0.3, 0.4) is 0 Å². The number of carbonyl (C=O) groups is 1. The summed E-state index contributed by atoms with van der Waals surface area (Å²) in [4.78, 5) is 12.5. The summed E-state index contributed by atoms with van der Waals surface area (Å²) >= 11 is 0. The van der Waals surface area contributed by atoms with Gasteiger partial charge in [-0.1, -0.05) is 37.3 Å². The van der Waals surface area contributed by atoms with E-state index in [-0.39, 0.29) is 18.5 Å². The first-order chi connectivity index (χ1) is 12.6. The fraction of sp³-hybridized carbons (Fsp3) is 0.381. The number of benzene rings is 2. The fourth-order valence-electron chi connectivity index (χ4n) is 2.82. The molecule has 0 bridgehead atoms. The summed E-state index contributed by atoms with van der Waals surface area (Å²) in [6.07, 6.45) is 2.07. The van der Waals surface area contributed by atoms with Gasteiger partial charge >= 0.3 is 0 Å². The van der Waals surface area contributed by atoms with Crippen molar-refractivity contribution in [1.82, 2.24) is 5.32 Å². The average molecular weight is 389 g/mol. The van der Waals surface area contributed by atoms with Crippen molar-refractivity contribution in [1.29, 1.82) is 0 Å². The normalized spacial score (nSPS) is 12.5. The molecule has 27 heavy (non-hydrogen) atoms. The molecule has 1 amide bonds. The van der Waals surface area contributed by atoms with Crippen molar-refractivity contribution in [2.24, 2.45) is 0 Å². The number of nitrogens with zero attached hydrogens (tertiary/aromatic N) is 1. The van der Waals surface area contributed by atoms with Crippen molar-refractivity contribution in [2.75, 3.05) is 17.1 Å². The summed E-state index contributed by atoms with van der Waals surface area (Å²) in [6.45, 7) is 7.61. The molecule has 2 aromatic rings. The highest BCUT2D eigenvalue weighted by Gasteiger charge is 2.22. The van der Waals surface area contributed by atoms with E-state index in [4.69, 9.17) is 0 Å². The Morgan fingerprint density at radius 1 is 1.07 bits per heavy atom. The molecule has 5 nitrogen and oxygen atoms in total. The molecule has 0 aliphatic heterocycles. The van der Waals surface area contributed by atoms with Gasteiger partial charge in [-0.3, -0.25) is 9.10 Å². The van der Waals surface area contributed by atoms with Gasteiger partial charge in [-0.15, -0.1) is 0 Å². The number of aryl methyl sites for hydroxylation is 3. The number of nitrogens with one attached hydrogen (secondary N) is 1. The molecule has 0 aliphatic carbocycles. The Hall–Kier alpha value is -2.34. The molecule has 2 rings (SSSR count). The number of rotatable bonds is 7. The third-order valence-electron chi connectivity index (χ3n) is 4.73. The molecular formula is C21H28N2O3S. The largest absolute Gasteiger partial charge is 0.348 e. The van der Waals surface area contributed by atoms with E-state index < -0.39 is 10.0 Å². The van der Waals surface area contributed by atoms with Crippen LogP contribution in [0.25, 0.3) is 0 Å². The van der Waals surface area contributed by atoms with E-state index in [1.54, 1.807) is 12.1 Å². The van der Waals surface area contributed by atoms with E-state index >= 15 is 0 Å². The fourth-order valence-corrected chi connectivity index (χ4v) is 3.67. The standard InChI is InChI=1S/C21H28N2O3S/c1-6-18-8-10-19(11-9-18)17(4)22-21(24)14-23(27(5,25)26)20-12-7-15(2)16(3)13-20/h7-13,17H,6,14H2,1-5H3,(H,22,24). The lowest BCUT2D eigenvalue weighted by Crippen LogP contribution is -2.41. The molecule has 0 saturated carbocycles. The van der Waals surface area contributed by atoms with Gasteiger partial charge in [-0.05, 0) is 61.6 Å². The van der Waals surface area contributed by atoms with E-state index in [1.165, 1.54) is 5.56 Å². The van der Waals surface area contributed by atoms with Crippen LogP contribution in [-0.4, -0.2) is 27.1 Å². The highest BCUT2D eigenvalue weighted by Crippen LogP contribution is 2.21. The summed E-state index contributed by atoms with van der Waals surface area (Å²) in [5, 5.41) is 2.89. The minimum Gasteiger partial charge on any atom is -0.348 e. The topological polar surface area (TPSA) is 66.5 Å². The van der Waals surface area contributed by atoms with Crippen LogP contribution in [0.15, 0.2) is 42.5 Å². The summed E-state index contributed by atoms with van der Waals surface area (Å²) in [7, 11) is -3.58. The van der Waals surface area contributed by atoms with Crippen LogP contribution < -0.4 is 9.62 Å². The maximum atomic E-state index is 12.5. The number of carbonyl (C=O) groups excluding carboxylic acids is 1. The molecule has 1 N–H and O–H groups in total. The molecule has 0 heterocycles. The lowest BCUT2D eigenvalue weighted by Gasteiger charge is -2.24. The van der Waals surface area contributed by atoms with Crippen molar-refractivity contribution >= 4 is 21.6 Å². The molecule has 0 spiro atoms. The Balaban J connectivity index is 2.14. The zero-order valence-corrected chi connectivity index (χ0v) is 17.4. The monoisotopic (exact) mass is 388 g/mol. The summed E-state index contributed by atoms with van der Waals surface area (Å²) < 4.78 is 25.6. The Morgan fingerprint density at radius 2 is 1.70 bits per heavy atom. The van der Waals surface area contributed by atoms with Crippen molar-refractivity contribution in [3.05, 3.63) is 64.7 Å². The van der Waals surface area contributed by atoms with E-state index in [0.717, 1.165) is 33.7 Å². The Kier molecular flexibility index (Phi) is 6.65. The number of hydrogen-bond acceptors (Lipinski definition) is 3. The first-order valence-corrected chi connectivity index (χ1v) is 10.9. The molecule has 146 valence electrons. The van der Waals surface area contributed by atoms with Gasteiger partial charge in [-0.25, -0.2) is 8.42 Å². The predicted octanol–water partition coefficient (Wildman–Crippen LogP) is 3.51. The van der Waals surface area contributed by atoms with Crippen LogP contribution in [0.2, 0.25) is 0 Å². The van der Waals surface area contributed by atoms with Crippen molar-refractivity contribution in [3.63, 3.8) is 0 Å². The Morgan fingerprint density at radius 3 is 2.22 bits per heavy atom. The Labute approximate surface area is 162 Å². The smallest absolute Gasteiger partial charge is 0.241 e. The second-order valence-corrected chi connectivity index (χ2v) is 8.83. The van der Waals surface area contributed by atoms with E-state index in [1.807, 2.05) is 51.1 Å². The first-order valence-electron chi connectivity index (χ1n) is 9.05. The molecule has 0 fully saturated rings. The quantitative estimate of drug-likeness (QED) is 0.789. The minimum absolute atomic E-state index is 0.204. The number of amides is 1. The average Bonchev–Trinajstić information content (AvgIpc) is 2.61. The van der Waals surface area contributed by atoms with Crippen LogP contribution >= 0.6 is 0 Å². The lowest BCUT2D eigenvalue weighted by molar-refractivity contribution is -0.120. The van der Waals surface area contributed by atoms with Gasteiger partial charge in [0.1, 0.15) is 6.54 Å². The summed E-state index contributed by atoms with van der Waals surface area (Å²) in [5.41, 5.74) is 4.76. The van der Waals surface area contributed by atoms with E-state index in [0.29, 0.717) is 5.69 Å². The highest BCUT2D eigenvalue weighted by molar-refractivity contribution is 7.92.